The quantitative estimate of drug-likeness (QED) is 0.167. The summed E-state index contributed by atoms with van der Waals surface area (Å²) < 4.78 is 107. The number of amides is 1. The van der Waals surface area contributed by atoms with Crippen LogP contribution in [0.25, 0.3) is 0 Å². The molecule has 164 valence electrons. The summed E-state index contributed by atoms with van der Waals surface area (Å²) in [5.74, 6) is -7.97. The van der Waals surface area contributed by atoms with Gasteiger partial charge in [-0.3, -0.25) is 4.79 Å². The van der Waals surface area contributed by atoms with Crippen LogP contribution in [0.5, 0.6) is 0 Å². The van der Waals surface area contributed by atoms with Crippen molar-refractivity contribution in [3.8, 4) is 0 Å². The molecule has 1 atom stereocenters. The highest BCUT2D eigenvalue weighted by molar-refractivity contribution is 7.86. The first-order valence-electron chi connectivity index (χ1n) is 7.69. The Balaban J connectivity index is 6.09. The van der Waals surface area contributed by atoms with Crippen LogP contribution in [0.2, 0.25) is 0 Å². The van der Waals surface area contributed by atoms with Crippen LogP contribution in [0.1, 0.15) is 27.2 Å². The second kappa shape index (κ2) is 9.13. The minimum atomic E-state index is -6.20. The summed E-state index contributed by atoms with van der Waals surface area (Å²) in [6.07, 6.45) is -7.74. The summed E-state index contributed by atoms with van der Waals surface area (Å²) in [7, 11) is -6.20. The number of halogens is 5. The Morgan fingerprint density at radius 3 is 1.89 bits per heavy atom. The van der Waals surface area contributed by atoms with E-state index in [9.17, 15) is 44.5 Å². The van der Waals surface area contributed by atoms with Crippen LogP contribution in [0, 0.1) is 0 Å². The predicted molar refractivity (Wildman–Crippen MR) is 82.8 cm³/mol. The standard InChI is InChI=1S/C14H20F5NO7S/c1-5-20(6-2)11(22)13(14(17,18)19,27-10(21)9(3)4)26-8-7-12(15,16)28(23,24)25/h3,5-8H2,1-2,4H3,(H,23,24,25)/p-1. The second-order valence-electron chi connectivity index (χ2n) is 5.45. The third-order valence-electron chi connectivity index (χ3n) is 3.35. The number of nitrogens with zero attached hydrogens (tertiary/aromatic N) is 1. The first-order valence-corrected chi connectivity index (χ1v) is 9.09. The van der Waals surface area contributed by atoms with Crippen LogP contribution >= 0.6 is 0 Å². The Morgan fingerprint density at radius 1 is 1.11 bits per heavy atom. The Kier molecular flexibility index (Phi) is 8.55. The van der Waals surface area contributed by atoms with E-state index in [-0.39, 0.29) is 13.1 Å². The minimum absolute atomic E-state index is 0.285. The van der Waals surface area contributed by atoms with Crippen molar-refractivity contribution < 1.29 is 54.0 Å². The topological polar surface area (TPSA) is 113 Å². The summed E-state index contributed by atoms with van der Waals surface area (Å²) in [6, 6.07) is 0. The molecule has 0 spiro atoms. The molecule has 0 fully saturated rings. The molecule has 0 aliphatic heterocycles. The highest BCUT2D eigenvalue weighted by atomic mass is 32.2. The number of carbonyl (C=O) groups excluding carboxylic acids is 2. The van der Waals surface area contributed by atoms with Crippen molar-refractivity contribution in [2.75, 3.05) is 19.7 Å². The maximum absolute atomic E-state index is 13.7. The zero-order valence-electron chi connectivity index (χ0n) is 15.1. The molecular weight excluding hydrogens is 421 g/mol. The highest BCUT2D eigenvalue weighted by Gasteiger charge is 2.67. The number of hydrogen-bond donors (Lipinski definition) is 0. The zero-order valence-corrected chi connectivity index (χ0v) is 16.0. The Bertz CT molecular complexity index is 703. The maximum atomic E-state index is 13.7. The fraction of sp³-hybridized carbons (Fsp3) is 0.714. The van der Waals surface area contributed by atoms with E-state index >= 15 is 0 Å². The van der Waals surface area contributed by atoms with Gasteiger partial charge in [0.2, 0.25) is 0 Å². The highest BCUT2D eigenvalue weighted by Crippen LogP contribution is 2.38. The lowest BCUT2D eigenvalue weighted by Crippen LogP contribution is -2.62. The normalized spacial score (nSPS) is 14.9. The van der Waals surface area contributed by atoms with E-state index in [0.717, 1.165) is 6.92 Å². The number of hydrogen-bond acceptors (Lipinski definition) is 7. The minimum Gasteiger partial charge on any atom is -0.743 e. The number of rotatable bonds is 10. The molecule has 14 heteroatoms. The molecule has 0 aromatic carbocycles. The Labute approximate surface area is 158 Å². The van der Waals surface area contributed by atoms with E-state index in [0.29, 0.717) is 4.90 Å². The van der Waals surface area contributed by atoms with Gasteiger partial charge in [0.1, 0.15) is 0 Å². The molecule has 8 nitrogen and oxygen atoms in total. The van der Waals surface area contributed by atoms with Gasteiger partial charge in [0.05, 0.1) is 6.61 Å². The monoisotopic (exact) mass is 440 g/mol. The lowest BCUT2D eigenvalue weighted by molar-refractivity contribution is -0.351. The number of likely N-dealkylation sites (N-methyl/N-ethyl adjacent to an activating group) is 1. The molecule has 0 aromatic rings. The molecule has 0 rings (SSSR count). The molecule has 0 aliphatic carbocycles. The fourth-order valence-corrected chi connectivity index (χ4v) is 2.10. The van der Waals surface area contributed by atoms with Crippen molar-refractivity contribution in [2.45, 2.75) is 44.4 Å². The van der Waals surface area contributed by atoms with Gasteiger partial charge in [0, 0.05) is 25.1 Å². The third kappa shape index (κ3) is 5.85. The first kappa shape index (κ1) is 26.2. The van der Waals surface area contributed by atoms with Gasteiger partial charge in [-0.1, -0.05) is 6.58 Å². The molecule has 0 N–H and O–H groups in total. The molecule has 0 bridgehead atoms. The van der Waals surface area contributed by atoms with Crippen molar-refractivity contribution in [1.82, 2.24) is 4.90 Å². The molecule has 1 amide bonds. The van der Waals surface area contributed by atoms with Crippen molar-refractivity contribution in [2.24, 2.45) is 0 Å². The van der Waals surface area contributed by atoms with E-state index in [4.69, 9.17) is 0 Å². The third-order valence-corrected chi connectivity index (χ3v) is 4.29. The number of carbonyl (C=O) groups is 2. The lowest BCUT2D eigenvalue weighted by Gasteiger charge is -2.36. The van der Waals surface area contributed by atoms with E-state index in [1.807, 2.05) is 0 Å². The van der Waals surface area contributed by atoms with E-state index < -0.39 is 57.8 Å². The average Bonchev–Trinajstić information content (AvgIpc) is 2.52. The smallest absolute Gasteiger partial charge is 0.466 e. The molecule has 0 radical (unpaired) electrons. The van der Waals surface area contributed by atoms with Gasteiger partial charge in [-0.2, -0.15) is 22.0 Å². The Morgan fingerprint density at radius 2 is 1.57 bits per heavy atom. The van der Waals surface area contributed by atoms with Crippen molar-refractivity contribution in [1.29, 1.82) is 0 Å². The van der Waals surface area contributed by atoms with E-state index in [1.165, 1.54) is 13.8 Å². The van der Waals surface area contributed by atoms with Crippen LogP contribution in [-0.2, 0) is 29.2 Å². The largest absolute Gasteiger partial charge is 0.743 e. The first-order chi connectivity index (χ1) is 12.5. The lowest BCUT2D eigenvalue weighted by atomic mass is 10.2. The second-order valence-corrected chi connectivity index (χ2v) is 6.96. The molecule has 1 unspecified atom stereocenters. The summed E-state index contributed by atoms with van der Waals surface area (Å²) >= 11 is 0. The maximum Gasteiger partial charge on any atom is 0.466 e. The van der Waals surface area contributed by atoms with Gasteiger partial charge in [-0.25, -0.2) is 13.2 Å². The van der Waals surface area contributed by atoms with Gasteiger partial charge in [-0.15, -0.1) is 0 Å². The van der Waals surface area contributed by atoms with Gasteiger partial charge in [0.15, 0.2) is 10.1 Å². The van der Waals surface area contributed by atoms with Gasteiger partial charge in [0.25, 0.3) is 0 Å². The summed E-state index contributed by atoms with van der Waals surface area (Å²) in [5, 5.41) is -4.97. The van der Waals surface area contributed by atoms with Crippen molar-refractivity contribution in [3.05, 3.63) is 12.2 Å². The SMILES string of the molecule is C=C(C)C(=O)OC(OCCC(F)(F)S(=O)(=O)[O-])(C(=O)N(CC)CC)C(F)(F)F. The fourth-order valence-electron chi connectivity index (χ4n) is 1.77. The molecule has 0 saturated carbocycles. The summed E-state index contributed by atoms with van der Waals surface area (Å²) in [4.78, 5) is 24.6. The van der Waals surface area contributed by atoms with E-state index in [2.05, 4.69) is 16.1 Å². The van der Waals surface area contributed by atoms with Crippen LogP contribution < -0.4 is 0 Å². The van der Waals surface area contributed by atoms with Crippen LogP contribution in [-0.4, -0.2) is 66.7 Å². The molecule has 0 heterocycles. The summed E-state index contributed by atoms with van der Waals surface area (Å²) in [5.41, 5.74) is -0.558. The molecular formula is C14H19F5NO7S-. The van der Waals surface area contributed by atoms with Gasteiger partial charge >= 0.3 is 29.1 Å². The van der Waals surface area contributed by atoms with Crippen LogP contribution in [0.3, 0.4) is 0 Å². The predicted octanol–water partition coefficient (Wildman–Crippen LogP) is 1.78. The van der Waals surface area contributed by atoms with Gasteiger partial charge < -0.3 is 18.9 Å². The molecule has 0 aliphatic rings. The van der Waals surface area contributed by atoms with Crippen molar-refractivity contribution in [3.63, 3.8) is 0 Å². The van der Waals surface area contributed by atoms with Crippen LogP contribution in [0.4, 0.5) is 22.0 Å². The van der Waals surface area contributed by atoms with E-state index in [1.54, 1.807) is 0 Å². The van der Waals surface area contributed by atoms with Crippen molar-refractivity contribution >= 4 is 22.0 Å². The number of alkyl halides is 5. The van der Waals surface area contributed by atoms with Crippen LogP contribution in [0.15, 0.2) is 12.2 Å². The number of esters is 1. The summed E-state index contributed by atoms with van der Waals surface area (Å²) in [6.45, 7) is 4.29. The van der Waals surface area contributed by atoms with Gasteiger partial charge in [-0.05, 0) is 20.8 Å². The molecule has 0 aromatic heterocycles. The zero-order chi connectivity index (χ0) is 22.6. The average molecular weight is 440 g/mol. The Hall–Kier alpha value is -1.80. The number of ether oxygens (including phenoxy) is 2. The molecule has 28 heavy (non-hydrogen) atoms. The molecule has 0 saturated heterocycles.